The van der Waals surface area contributed by atoms with Gasteiger partial charge in [-0.1, -0.05) is 43.7 Å². The number of allylic oxidation sites excluding steroid dienone is 1. The Morgan fingerprint density at radius 1 is 1.15 bits per heavy atom. The van der Waals surface area contributed by atoms with Crippen molar-refractivity contribution in [1.29, 1.82) is 0 Å². The lowest BCUT2D eigenvalue weighted by atomic mass is 10.1. The number of nitrogens with one attached hydrogen (secondary N) is 2. The van der Waals surface area contributed by atoms with Gasteiger partial charge >= 0.3 is 0 Å². The number of benzene rings is 2. The Morgan fingerprint density at radius 2 is 1.89 bits per heavy atom. The number of carbonyl (C=O) groups excluding carboxylic acids is 1. The third-order valence-corrected chi connectivity index (χ3v) is 5.07. The minimum atomic E-state index is -0.156. The molecule has 0 aliphatic carbocycles. The van der Waals surface area contributed by atoms with Gasteiger partial charge in [0, 0.05) is 5.56 Å². The fraction of sp³-hybridized carbons (Fsp3) is 0.273. The molecule has 4 rings (SSSR count). The van der Waals surface area contributed by atoms with Crippen molar-refractivity contribution in [2.45, 2.75) is 32.2 Å². The van der Waals surface area contributed by atoms with E-state index in [0.29, 0.717) is 13.0 Å². The second-order valence-corrected chi connectivity index (χ2v) is 7.05. The molecule has 2 aliphatic heterocycles. The normalized spacial score (nSPS) is 19.0. The van der Waals surface area contributed by atoms with Gasteiger partial charge in [0.2, 0.25) is 11.4 Å². The molecule has 2 heterocycles. The molecule has 1 saturated heterocycles. The average Bonchev–Trinajstić information content (AvgIpc) is 3.00. The van der Waals surface area contributed by atoms with Crippen molar-refractivity contribution in [3.8, 4) is 5.75 Å². The maximum atomic E-state index is 12.9. The van der Waals surface area contributed by atoms with Crippen molar-refractivity contribution in [2.75, 3.05) is 6.54 Å². The molecule has 5 nitrogen and oxygen atoms in total. The van der Waals surface area contributed by atoms with Gasteiger partial charge in [-0.2, -0.15) is 0 Å². The highest BCUT2D eigenvalue weighted by Gasteiger charge is 2.42. The summed E-state index contributed by atoms with van der Waals surface area (Å²) in [5.74, 6) is 1.26. The van der Waals surface area contributed by atoms with E-state index in [1.165, 1.54) is 5.56 Å². The van der Waals surface area contributed by atoms with Crippen molar-refractivity contribution in [3.63, 3.8) is 0 Å². The average molecular weight is 362 g/mol. The van der Waals surface area contributed by atoms with Crippen LogP contribution in [0.4, 0.5) is 0 Å². The number of hydrogen-bond donors (Lipinski definition) is 3. The molecule has 1 unspecified atom stereocenters. The summed E-state index contributed by atoms with van der Waals surface area (Å²) in [6.07, 6.45) is 2.50. The van der Waals surface area contributed by atoms with Crippen LogP contribution in [0.1, 0.15) is 30.9 Å². The van der Waals surface area contributed by atoms with Crippen molar-refractivity contribution in [3.05, 3.63) is 77.2 Å². The van der Waals surface area contributed by atoms with E-state index in [0.717, 1.165) is 35.6 Å². The first kappa shape index (κ1) is 17.3. The summed E-state index contributed by atoms with van der Waals surface area (Å²) in [6.45, 7) is 2.60. The maximum absolute atomic E-state index is 12.9. The number of rotatable bonds is 5. The highest BCUT2D eigenvalue weighted by molar-refractivity contribution is 6.01. The Balaban J connectivity index is 1.72. The summed E-state index contributed by atoms with van der Waals surface area (Å²) in [7, 11) is 0. The highest BCUT2D eigenvalue weighted by atomic mass is 16.3. The Kier molecular flexibility index (Phi) is 4.67. The van der Waals surface area contributed by atoms with Crippen LogP contribution in [0.3, 0.4) is 0 Å². The van der Waals surface area contributed by atoms with Crippen molar-refractivity contribution < 1.29 is 14.9 Å². The molecule has 1 fully saturated rings. The van der Waals surface area contributed by atoms with Crippen LogP contribution >= 0.6 is 0 Å². The van der Waals surface area contributed by atoms with Gasteiger partial charge in [-0.05, 0) is 36.2 Å². The predicted molar refractivity (Wildman–Crippen MR) is 104 cm³/mol. The zero-order valence-corrected chi connectivity index (χ0v) is 15.4. The van der Waals surface area contributed by atoms with Crippen LogP contribution in [0.25, 0.3) is 0 Å². The molecular weight excluding hydrogens is 338 g/mol. The first-order chi connectivity index (χ1) is 13.2. The van der Waals surface area contributed by atoms with Gasteiger partial charge < -0.3 is 10.4 Å². The summed E-state index contributed by atoms with van der Waals surface area (Å²) >= 11 is 0. The van der Waals surface area contributed by atoms with Crippen molar-refractivity contribution in [2.24, 2.45) is 0 Å². The number of hydrogen-bond acceptors (Lipinski definition) is 3. The Hall–Kier alpha value is -3.08. The first-order valence-electron chi connectivity index (χ1n) is 9.43. The minimum Gasteiger partial charge on any atom is -0.508 e. The van der Waals surface area contributed by atoms with E-state index in [-0.39, 0.29) is 17.7 Å². The number of nitrogens with zero attached hydrogens (tertiary/aromatic N) is 1. The summed E-state index contributed by atoms with van der Waals surface area (Å²) < 4.78 is 0. The SMILES string of the molecule is CCCC1NC2=C(Cc3ccccc3)[NH+]=C(c3ccc(O)cc3)CN2C1=O. The Morgan fingerprint density at radius 3 is 2.59 bits per heavy atom. The fourth-order valence-electron chi connectivity index (χ4n) is 3.69. The number of amides is 1. The van der Waals surface area contributed by atoms with Crippen LogP contribution in [0.2, 0.25) is 0 Å². The van der Waals surface area contributed by atoms with Crippen LogP contribution < -0.4 is 10.3 Å². The maximum Gasteiger partial charge on any atom is 0.251 e. The van der Waals surface area contributed by atoms with Gasteiger partial charge in [-0.3, -0.25) is 9.69 Å². The number of fused-ring (bicyclic) bond motifs is 1. The van der Waals surface area contributed by atoms with Gasteiger partial charge in [0.1, 0.15) is 18.3 Å². The molecule has 2 aromatic rings. The van der Waals surface area contributed by atoms with Gasteiger partial charge in [-0.15, -0.1) is 0 Å². The number of carbonyl (C=O) groups is 1. The number of phenolic OH excluding ortho intramolecular Hbond substituents is 1. The fourth-order valence-corrected chi connectivity index (χ4v) is 3.69. The zero-order chi connectivity index (χ0) is 18.8. The van der Waals surface area contributed by atoms with E-state index in [4.69, 9.17) is 0 Å². The standard InChI is InChI=1S/C22H23N3O2/c1-2-6-18-22(27)25-14-20(16-9-11-17(26)12-10-16)23-19(21(25)24-18)13-15-7-4-3-5-8-15/h3-5,7-12,18,24,26H,2,6,13-14H2,1H3/p+1. The van der Waals surface area contributed by atoms with Crippen LogP contribution in [0, 0.1) is 0 Å². The lowest BCUT2D eigenvalue weighted by molar-refractivity contribution is -0.406. The third kappa shape index (κ3) is 3.45. The largest absolute Gasteiger partial charge is 0.508 e. The lowest BCUT2D eigenvalue weighted by Crippen LogP contribution is -2.76. The monoisotopic (exact) mass is 362 g/mol. The third-order valence-electron chi connectivity index (χ3n) is 5.07. The lowest BCUT2D eigenvalue weighted by Gasteiger charge is -2.20. The molecule has 2 aliphatic rings. The van der Waals surface area contributed by atoms with Gasteiger partial charge in [0.15, 0.2) is 5.82 Å². The minimum absolute atomic E-state index is 0.134. The molecule has 0 saturated carbocycles. The Labute approximate surface area is 159 Å². The molecule has 3 N–H and O–H groups in total. The molecule has 5 heteroatoms. The van der Waals surface area contributed by atoms with Crippen LogP contribution in [-0.4, -0.2) is 34.2 Å². The van der Waals surface area contributed by atoms with Crippen molar-refractivity contribution >= 4 is 11.6 Å². The van der Waals surface area contributed by atoms with E-state index >= 15 is 0 Å². The number of aromatic hydroxyl groups is 1. The molecule has 0 bridgehead atoms. The number of phenols is 1. The summed E-state index contributed by atoms with van der Waals surface area (Å²) in [4.78, 5) is 18.3. The second-order valence-electron chi connectivity index (χ2n) is 7.05. The smallest absolute Gasteiger partial charge is 0.251 e. The van der Waals surface area contributed by atoms with Gasteiger partial charge in [0.05, 0.1) is 6.42 Å². The second kappa shape index (κ2) is 7.27. The molecule has 1 amide bonds. The molecule has 0 radical (unpaired) electrons. The quantitative estimate of drug-likeness (QED) is 0.751. The molecule has 0 aromatic heterocycles. The van der Waals surface area contributed by atoms with E-state index in [1.54, 1.807) is 12.1 Å². The summed E-state index contributed by atoms with van der Waals surface area (Å²) in [5.41, 5.74) is 4.14. The highest BCUT2D eigenvalue weighted by Crippen LogP contribution is 2.22. The van der Waals surface area contributed by atoms with E-state index in [2.05, 4.69) is 29.4 Å². The molecule has 138 valence electrons. The summed E-state index contributed by atoms with van der Waals surface area (Å²) in [5, 5.41) is 13.0. The molecule has 2 aromatic carbocycles. The predicted octanol–water partition coefficient (Wildman–Crippen LogP) is 1.29. The zero-order valence-electron chi connectivity index (χ0n) is 15.4. The van der Waals surface area contributed by atoms with Gasteiger partial charge in [0.25, 0.3) is 5.91 Å². The van der Waals surface area contributed by atoms with Crippen LogP contribution in [-0.2, 0) is 11.2 Å². The summed E-state index contributed by atoms with van der Waals surface area (Å²) in [6, 6.07) is 17.2. The topological polar surface area (TPSA) is 66.5 Å². The van der Waals surface area contributed by atoms with Crippen LogP contribution in [0.15, 0.2) is 66.1 Å². The van der Waals surface area contributed by atoms with E-state index < -0.39 is 0 Å². The first-order valence-corrected chi connectivity index (χ1v) is 9.43. The van der Waals surface area contributed by atoms with E-state index in [9.17, 15) is 9.90 Å². The molecule has 1 atom stereocenters. The van der Waals surface area contributed by atoms with Gasteiger partial charge in [-0.25, -0.2) is 4.99 Å². The van der Waals surface area contributed by atoms with Crippen molar-refractivity contribution in [1.82, 2.24) is 10.2 Å². The van der Waals surface area contributed by atoms with Crippen LogP contribution in [0.5, 0.6) is 5.75 Å². The Bertz CT molecular complexity index is 901. The molecular formula is C22H24N3O2+. The molecule has 0 spiro atoms. The van der Waals surface area contributed by atoms with E-state index in [1.807, 2.05) is 35.2 Å². The molecule has 27 heavy (non-hydrogen) atoms.